The molecule has 0 aliphatic carbocycles. The molecule has 0 unspecified atom stereocenters. The summed E-state index contributed by atoms with van der Waals surface area (Å²) in [4.78, 5) is 33.9. The summed E-state index contributed by atoms with van der Waals surface area (Å²) in [7, 11) is -0.398. The Morgan fingerprint density at radius 1 is 1.19 bits per heavy atom. The van der Waals surface area contributed by atoms with Crippen LogP contribution in [0.2, 0.25) is 0 Å². The van der Waals surface area contributed by atoms with Gasteiger partial charge in [-0.3, -0.25) is 9.59 Å². The predicted molar refractivity (Wildman–Crippen MR) is 116 cm³/mol. The van der Waals surface area contributed by atoms with Crippen LogP contribution in [0.5, 0.6) is 0 Å². The van der Waals surface area contributed by atoms with Crippen molar-refractivity contribution in [3.05, 3.63) is 58.4 Å². The van der Waals surface area contributed by atoms with Gasteiger partial charge >= 0.3 is 0 Å². The molecule has 2 aromatic heterocycles. The van der Waals surface area contributed by atoms with E-state index in [9.17, 15) is 18.0 Å². The van der Waals surface area contributed by atoms with Gasteiger partial charge in [0.25, 0.3) is 11.5 Å². The number of carbonyl (C=O) groups is 1. The Hall–Kier alpha value is -2.98. The third-order valence-corrected chi connectivity index (χ3v) is 7.41. The Kier molecular flexibility index (Phi) is 5.67. The highest BCUT2D eigenvalue weighted by atomic mass is 32.2. The van der Waals surface area contributed by atoms with E-state index in [-0.39, 0.29) is 28.6 Å². The molecule has 1 fully saturated rings. The second-order valence-corrected chi connectivity index (χ2v) is 9.77. The third kappa shape index (κ3) is 4.13. The maximum Gasteiger partial charge on any atom is 0.270 e. The van der Waals surface area contributed by atoms with Crippen LogP contribution in [0, 0.1) is 0 Å². The normalized spacial score (nSPS) is 15.3. The second-order valence-electron chi connectivity index (χ2n) is 7.83. The van der Waals surface area contributed by atoms with E-state index in [2.05, 4.69) is 9.97 Å². The van der Waals surface area contributed by atoms with E-state index in [1.54, 1.807) is 38.4 Å². The lowest BCUT2D eigenvalue weighted by atomic mass is 10.2. The number of fused-ring (bicyclic) bond motifs is 1. The smallest absolute Gasteiger partial charge is 0.270 e. The molecule has 164 valence electrons. The van der Waals surface area contributed by atoms with Crippen molar-refractivity contribution in [1.82, 2.24) is 23.7 Å². The topological polar surface area (TPSA) is 108 Å². The first-order chi connectivity index (χ1) is 14.8. The summed E-state index contributed by atoms with van der Waals surface area (Å²) in [6.07, 6.45) is 4.19. The van der Waals surface area contributed by atoms with Gasteiger partial charge in [-0.1, -0.05) is 18.6 Å². The van der Waals surface area contributed by atoms with Crippen molar-refractivity contribution in [2.75, 3.05) is 20.1 Å². The van der Waals surface area contributed by atoms with Crippen LogP contribution in [0.1, 0.15) is 35.6 Å². The number of para-hydroxylation sites is 1. The fourth-order valence-corrected chi connectivity index (χ4v) is 5.43. The van der Waals surface area contributed by atoms with Gasteiger partial charge in [-0.15, -0.1) is 0 Å². The molecule has 1 saturated heterocycles. The molecule has 31 heavy (non-hydrogen) atoms. The van der Waals surface area contributed by atoms with Crippen LogP contribution in [0.4, 0.5) is 0 Å². The molecule has 3 heterocycles. The Labute approximate surface area is 180 Å². The number of nitrogens with zero attached hydrogens (tertiary/aromatic N) is 4. The zero-order valence-corrected chi connectivity index (χ0v) is 18.4. The Morgan fingerprint density at radius 2 is 1.90 bits per heavy atom. The Balaban J connectivity index is 1.56. The van der Waals surface area contributed by atoms with Gasteiger partial charge in [0, 0.05) is 33.4 Å². The molecule has 3 aromatic rings. The summed E-state index contributed by atoms with van der Waals surface area (Å²) < 4.78 is 28.9. The van der Waals surface area contributed by atoms with Crippen molar-refractivity contribution >= 4 is 26.8 Å². The van der Waals surface area contributed by atoms with Crippen molar-refractivity contribution < 1.29 is 13.2 Å². The summed E-state index contributed by atoms with van der Waals surface area (Å²) in [6, 6.07) is 8.40. The Morgan fingerprint density at radius 3 is 2.65 bits per heavy atom. The first kappa shape index (κ1) is 21.3. The average molecular weight is 444 g/mol. The number of benzene rings is 1. The molecule has 0 bridgehead atoms. The number of rotatable bonds is 5. The zero-order chi connectivity index (χ0) is 22.2. The number of carbonyl (C=O) groups excluding carboxylic acids is 1. The fourth-order valence-electron chi connectivity index (χ4n) is 3.84. The molecule has 0 radical (unpaired) electrons. The maximum absolute atomic E-state index is 13.0. The number of hydrogen-bond acceptors (Lipinski definition) is 5. The number of amides is 1. The number of aromatic amines is 1. The molecule has 1 amide bonds. The molecule has 1 N–H and O–H groups in total. The monoisotopic (exact) mass is 443 g/mol. The highest BCUT2D eigenvalue weighted by Gasteiger charge is 2.29. The van der Waals surface area contributed by atoms with Crippen molar-refractivity contribution in [3.8, 4) is 0 Å². The van der Waals surface area contributed by atoms with Crippen LogP contribution in [-0.2, 0) is 23.6 Å². The summed E-state index contributed by atoms with van der Waals surface area (Å²) in [6.45, 7) is 1.08. The molecule has 1 aliphatic heterocycles. The summed E-state index contributed by atoms with van der Waals surface area (Å²) in [5.41, 5.74) is 0.535. The minimum Gasteiger partial charge on any atom is -0.345 e. The van der Waals surface area contributed by atoms with E-state index in [1.165, 1.54) is 26.0 Å². The van der Waals surface area contributed by atoms with E-state index >= 15 is 0 Å². The summed E-state index contributed by atoms with van der Waals surface area (Å²) in [5.74, 6) is -0.00618. The number of piperidine rings is 1. The highest BCUT2D eigenvalue weighted by Crippen LogP contribution is 2.23. The molecule has 9 nitrogen and oxygen atoms in total. The number of sulfonamides is 1. The highest BCUT2D eigenvalue weighted by molar-refractivity contribution is 7.89. The predicted octanol–water partition coefficient (Wildman–Crippen LogP) is 1.71. The van der Waals surface area contributed by atoms with Gasteiger partial charge in [0.2, 0.25) is 10.0 Å². The molecule has 0 spiro atoms. The van der Waals surface area contributed by atoms with E-state index < -0.39 is 10.0 Å². The van der Waals surface area contributed by atoms with E-state index in [4.69, 9.17) is 0 Å². The molecule has 4 rings (SSSR count). The summed E-state index contributed by atoms with van der Waals surface area (Å²) >= 11 is 0. The van der Waals surface area contributed by atoms with Crippen molar-refractivity contribution in [2.24, 2.45) is 7.05 Å². The largest absolute Gasteiger partial charge is 0.345 e. The lowest BCUT2D eigenvalue weighted by Gasteiger charge is -2.25. The zero-order valence-electron chi connectivity index (χ0n) is 17.5. The second kappa shape index (κ2) is 8.27. The molecule has 0 saturated carbocycles. The van der Waals surface area contributed by atoms with E-state index in [0.29, 0.717) is 29.8 Å². The number of hydrogen-bond donors (Lipinski definition) is 1. The van der Waals surface area contributed by atoms with Gasteiger partial charge in [0.1, 0.15) is 16.4 Å². The van der Waals surface area contributed by atoms with Crippen molar-refractivity contribution in [2.45, 2.75) is 30.7 Å². The van der Waals surface area contributed by atoms with Crippen LogP contribution < -0.4 is 5.56 Å². The van der Waals surface area contributed by atoms with Crippen molar-refractivity contribution in [3.63, 3.8) is 0 Å². The van der Waals surface area contributed by atoms with Gasteiger partial charge in [0.15, 0.2) is 0 Å². The number of nitrogens with one attached hydrogen (secondary N) is 1. The van der Waals surface area contributed by atoms with Crippen LogP contribution in [0.3, 0.4) is 0 Å². The minimum absolute atomic E-state index is 0.0816. The first-order valence-corrected chi connectivity index (χ1v) is 11.6. The average Bonchev–Trinajstić information content (AvgIpc) is 3.16. The number of H-pyrrole nitrogens is 1. The standard InChI is InChI=1S/C21H25N5O4S/c1-24-13-15(31(29,30)26-10-6-3-7-11-26)12-18(24)21(28)25(2)14-19-22-17-9-5-4-8-16(17)20(27)23-19/h4-5,8-9,12-13H,3,6-7,10-11,14H2,1-2H3,(H,22,23,27). The van der Waals surface area contributed by atoms with Gasteiger partial charge in [-0.25, -0.2) is 13.4 Å². The Bertz CT molecular complexity index is 1290. The van der Waals surface area contributed by atoms with Gasteiger partial charge in [-0.05, 0) is 31.0 Å². The minimum atomic E-state index is -3.63. The molecular weight excluding hydrogens is 418 g/mol. The molecule has 0 atom stereocenters. The van der Waals surface area contributed by atoms with Crippen molar-refractivity contribution in [1.29, 1.82) is 0 Å². The van der Waals surface area contributed by atoms with Gasteiger partial charge < -0.3 is 14.5 Å². The van der Waals surface area contributed by atoms with Gasteiger partial charge in [-0.2, -0.15) is 4.31 Å². The lowest BCUT2D eigenvalue weighted by molar-refractivity contribution is 0.0772. The maximum atomic E-state index is 13.0. The van der Waals surface area contributed by atoms with Crippen LogP contribution in [0.15, 0.2) is 46.2 Å². The van der Waals surface area contributed by atoms with Crippen LogP contribution >= 0.6 is 0 Å². The van der Waals surface area contributed by atoms with E-state index in [1.807, 2.05) is 0 Å². The molecule has 1 aromatic carbocycles. The SMILES string of the molecule is CN(Cc1nc2ccccc2c(=O)[nH]1)C(=O)c1cc(S(=O)(=O)N2CCCCC2)cn1C. The number of aromatic nitrogens is 3. The first-order valence-electron chi connectivity index (χ1n) is 10.2. The lowest BCUT2D eigenvalue weighted by Crippen LogP contribution is -2.35. The molecule has 1 aliphatic rings. The van der Waals surface area contributed by atoms with E-state index in [0.717, 1.165) is 19.3 Å². The fraction of sp³-hybridized carbons (Fsp3) is 0.381. The molecule has 10 heteroatoms. The van der Waals surface area contributed by atoms with Gasteiger partial charge in [0.05, 0.1) is 17.4 Å². The number of aryl methyl sites for hydroxylation is 1. The van der Waals surface area contributed by atoms with Crippen LogP contribution in [-0.4, -0.2) is 58.2 Å². The van der Waals surface area contributed by atoms with Crippen LogP contribution in [0.25, 0.3) is 10.9 Å². The summed E-state index contributed by atoms with van der Waals surface area (Å²) in [5, 5.41) is 0.482. The quantitative estimate of drug-likeness (QED) is 0.646. The third-order valence-electron chi connectivity index (χ3n) is 5.55. The molecular formula is C21H25N5O4S.